The molecule has 3 nitrogen and oxygen atoms in total. The van der Waals surface area contributed by atoms with Crippen molar-refractivity contribution in [1.82, 2.24) is 9.78 Å². The molecule has 0 atom stereocenters. The number of halogens is 1. The van der Waals surface area contributed by atoms with Crippen LogP contribution in [0.15, 0.2) is 6.20 Å². The Bertz CT molecular complexity index is 271. The van der Waals surface area contributed by atoms with Crippen molar-refractivity contribution < 1.29 is 4.74 Å². The van der Waals surface area contributed by atoms with Gasteiger partial charge >= 0.3 is 0 Å². The first kappa shape index (κ1) is 11.0. The molecule has 1 aromatic rings. The van der Waals surface area contributed by atoms with Crippen LogP contribution in [0.1, 0.15) is 19.5 Å². The van der Waals surface area contributed by atoms with Crippen LogP contribution in [0.25, 0.3) is 0 Å². The maximum absolute atomic E-state index is 5.05. The number of hydrogen-bond donors (Lipinski definition) is 0. The minimum absolute atomic E-state index is 0.601. The lowest BCUT2D eigenvalue weighted by molar-refractivity contribution is 0.180. The van der Waals surface area contributed by atoms with E-state index in [9.17, 15) is 0 Å². The monoisotopic (exact) mass is 294 g/mol. The summed E-state index contributed by atoms with van der Waals surface area (Å²) in [5, 5.41) is 4.42. The SMILES string of the molecule is COCc1nn(CC(C)C)cc1I. The molecule has 1 aromatic heterocycles. The fourth-order valence-corrected chi connectivity index (χ4v) is 1.72. The number of methoxy groups -OCH3 is 1. The Morgan fingerprint density at radius 3 is 2.85 bits per heavy atom. The molecule has 0 aliphatic rings. The highest BCUT2D eigenvalue weighted by Gasteiger charge is 2.06. The summed E-state index contributed by atoms with van der Waals surface area (Å²) in [7, 11) is 1.69. The van der Waals surface area contributed by atoms with Crippen LogP contribution in [0.2, 0.25) is 0 Å². The van der Waals surface area contributed by atoms with Gasteiger partial charge in [-0.3, -0.25) is 4.68 Å². The van der Waals surface area contributed by atoms with Crippen LogP contribution in [0, 0.1) is 9.49 Å². The first-order valence-corrected chi connectivity index (χ1v) is 5.42. The molecule has 0 radical (unpaired) electrons. The van der Waals surface area contributed by atoms with Gasteiger partial charge in [-0.25, -0.2) is 0 Å². The van der Waals surface area contributed by atoms with Crippen molar-refractivity contribution in [1.29, 1.82) is 0 Å². The smallest absolute Gasteiger partial charge is 0.101 e. The fraction of sp³-hybridized carbons (Fsp3) is 0.667. The van der Waals surface area contributed by atoms with E-state index in [0.717, 1.165) is 12.2 Å². The fourth-order valence-electron chi connectivity index (χ4n) is 1.14. The van der Waals surface area contributed by atoms with E-state index in [1.807, 2.05) is 4.68 Å². The second kappa shape index (κ2) is 4.95. The zero-order valence-electron chi connectivity index (χ0n) is 8.25. The molecular formula is C9H15IN2O. The summed E-state index contributed by atoms with van der Waals surface area (Å²) in [6.07, 6.45) is 2.06. The summed E-state index contributed by atoms with van der Waals surface area (Å²) in [6, 6.07) is 0. The van der Waals surface area contributed by atoms with E-state index < -0.39 is 0 Å². The number of nitrogens with zero attached hydrogens (tertiary/aromatic N) is 2. The molecule has 0 aromatic carbocycles. The molecule has 0 aliphatic carbocycles. The molecule has 0 saturated carbocycles. The van der Waals surface area contributed by atoms with Crippen LogP contribution < -0.4 is 0 Å². The van der Waals surface area contributed by atoms with Gasteiger partial charge in [0.2, 0.25) is 0 Å². The molecule has 0 bridgehead atoms. The maximum atomic E-state index is 5.05. The van der Waals surface area contributed by atoms with Gasteiger partial charge in [-0.15, -0.1) is 0 Å². The number of ether oxygens (including phenoxy) is 1. The lowest BCUT2D eigenvalue weighted by Crippen LogP contribution is -2.05. The molecule has 0 saturated heterocycles. The normalized spacial score (nSPS) is 11.2. The Labute approximate surface area is 92.6 Å². The summed E-state index contributed by atoms with van der Waals surface area (Å²) in [6.45, 7) is 5.94. The molecule has 74 valence electrons. The van der Waals surface area contributed by atoms with Crippen LogP contribution in [-0.2, 0) is 17.9 Å². The molecule has 0 aliphatic heterocycles. The van der Waals surface area contributed by atoms with E-state index in [-0.39, 0.29) is 0 Å². The molecular weight excluding hydrogens is 279 g/mol. The van der Waals surface area contributed by atoms with Crippen molar-refractivity contribution in [2.45, 2.75) is 27.0 Å². The highest BCUT2D eigenvalue weighted by molar-refractivity contribution is 14.1. The van der Waals surface area contributed by atoms with Crippen molar-refractivity contribution in [2.75, 3.05) is 7.11 Å². The Morgan fingerprint density at radius 2 is 2.31 bits per heavy atom. The minimum atomic E-state index is 0.601. The van der Waals surface area contributed by atoms with Gasteiger partial charge in [0.15, 0.2) is 0 Å². The average Bonchev–Trinajstić information content (AvgIpc) is 2.31. The van der Waals surface area contributed by atoms with Gasteiger partial charge in [0.25, 0.3) is 0 Å². The highest BCUT2D eigenvalue weighted by Crippen LogP contribution is 2.12. The standard InChI is InChI=1S/C9H15IN2O/c1-7(2)4-12-5-8(10)9(11-12)6-13-3/h5,7H,4,6H2,1-3H3. The van der Waals surface area contributed by atoms with E-state index in [4.69, 9.17) is 4.74 Å². The first-order valence-electron chi connectivity index (χ1n) is 4.34. The third-order valence-electron chi connectivity index (χ3n) is 1.62. The zero-order chi connectivity index (χ0) is 9.84. The van der Waals surface area contributed by atoms with Crippen molar-refractivity contribution in [3.05, 3.63) is 15.5 Å². The minimum Gasteiger partial charge on any atom is -0.378 e. The summed E-state index contributed by atoms with van der Waals surface area (Å²) >= 11 is 2.29. The van der Waals surface area contributed by atoms with Crippen molar-refractivity contribution in [2.24, 2.45) is 5.92 Å². The van der Waals surface area contributed by atoms with Gasteiger partial charge in [-0.1, -0.05) is 13.8 Å². The highest BCUT2D eigenvalue weighted by atomic mass is 127. The predicted molar refractivity (Wildman–Crippen MR) is 60.5 cm³/mol. The summed E-state index contributed by atoms with van der Waals surface area (Å²) in [4.78, 5) is 0. The molecule has 0 spiro atoms. The Balaban J connectivity index is 2.70. The van der Waals surface area contributed by atoms with E-state index in [1.54, 1.807) is 7.11 Å². The zero-order valence-corrected chi connectivity index (χ0v) is 10.4. The van der Waals surface area contributed by atoms with Gasteiger partial charge in [-0.05, 0) is 28.5 Å². The quantitative estimate of drug-likeness (QED) is 0.797. The second-order valence-electron chi connectivity index (χ2n) is 3.47. The average molecular weight is 294 g/mol. The predicted octanol–water partition coefficient (Wildman–Crippen LogP) is 2.29. The summed E-state index contributed by atoms with van der Waals surface area (Å²) < 4.78 is 8.21. The van der Waals surface area contributed by atoms with Crippen LogP contribution >= 0.6 is 22.6 Å². The number of aromatic nitrogens is 2. The van der Waals surface area contributed by atoms with E-state index in [0.29, 0.717) is 12.5 Å². The number of hydrogen-bond acceptors (Lipinski definition) is 2. The van der Waals surface area contributed by atoms with Gasteiger partial charge in [0, 0.05) is 19.9 Å². The largest absolute Gasteiger partial charge is 0.378 e. The molecule has 0 unspecified atom stereocenters. The third-order valence-corrected chi connectivity index (χ3v) is 2.52. The summed E-state index contributed by atoms with van der Waals surface area (Å²) in [5.41, 5.74) is 1.03. The van der Waals surface area contributed by atoms with Crippen molar-refractivity contribution in [3.63, 3.8) is 0 Å². The molecule has 13 heavy (non-hydrogen) atoms. The Kier molecular flexibility index (Phi) is 4.18. The molecule has 0 amide bonds. The maximum Gasteiger partial charge on any atom is 0.101 e. The second-order valence-corrected chi connectivity index (χ2v) is 4.63. The van der Waals surface area contributed by atoms with Crippen LogP contribution in [0.3, 0.4) is 0 Å². The Morgan fingerprint density at radius 1 is 1.62 bits per heavy atom. The van der Waals surface area contributed by atoms with Gasteiger partial charge in [0.05, 0.1) is 10.2 Å². The molecule has 1 heterocycles. The van der Waals surface area contributed by atoms with Crippen molar-refractivity contribution >= 4 is 22.6 Å². The van der Waals surface area contributed by atoms with E-state index in [1.165, 1.54) is 3.57 Å². The van der Waals surface area contributed by atoms with Crippen LogP contribution in [0.5, 0.6) is 0 Å². The molecule has 0 fully saturated rings. The van der Waals surface area contributed by atoms with Gasteiger partial charge in [-0.2, -0.15) is 5.10 Å². The van der Waals surface area contributed by atoms with Crippen molar-refractivity contribution in [3.8, 4) is 0 Å². The summed E-state index contributed by atoms with van der Waals surface area (Å²) in [5.74, 6) is 0.631. The van der Waals surface area contributed by atoms with Gasteiger partial charge in [0.1, 0.15) is 5.69 Å². The van der Waals surface area contributed by atoms with E-state index in [2.05, 4.69) is 47.7 Å². The molecule has 4 heteroatoms. The molecule has 1 rings (SSSR count). The topological polar surface area (TPSA) is 27.1 Å². The Hall–Kier alpha value is -0.100. The van der Waals surface area contributed by atoms with Gasteiger partial charge < -0.3 is 4.74 Å². The lowest BCUT2D eigenvalue weighted by atomic mass is 10.2. The number of rotatable bonds is 4. The van der Waals surface area contributed by atoms with Crippen LogP contribution in [-0.4, -0.2) is 16.9 Å². The molecule has 0 N–H and O–H groups in total. The van der Waals surface area contributed by atoms with Crippen LogP contribution in [0.4, 0.5) is 0 Å². The first-order chi connectivity index (χ1) is 6.13. The third kappa shape index (κ3) is 3.27. The lowest BCUT2D eigenvalue weighted by Gasteiger charge is -2.03. The van der Waals surface area contributed by atoms with E-state index >= 15 is 0 Å².